The van der Waals surface area contributed by atoms with E-state index in [2.05, 4.69) is 41.6 Å². The van der Waals surface area contributed by atoms with Crippen LogP contribution in [0.3, 0.4) is 0 Å². The van der Waals surface area contributed by atoms with Crippen LogP contribution in [0.4, 0.5) is 0 Å². The van der Waals surface area contributed by atoms with Gasteiger partial charge in [-0.15, -0.1) is 0 Å². The van der Waals surface area contributed by atoms with Gasteiger partial charge in [-0.25, -0.2) is 0 Å². The molecule has 0 amide bonds. The van der Waals surface area contributed by atoms with Gasteiger partial charge in [0.25, 0.3) is 0 Å². The quantitative estimate of drug-likeness (QED) is 0.868. The van der Waals surface area contributed by atoms with E-state index in [4.69, 9.17) is 0 Å². The minimum atomic E-state index is 0.483. The molecule has 1 aliphatic rings. The lowest BCUT2D eigenvalue weighted by molar-refractivity contribution is 0.240. The Bertz CT molecular complexity index is 512. The zero-order valence-electron chi connectivity index (χ0n) is 10.2. The smallest absolute Gasteiger partial charge is 0.0352 e. The number of nitrogens with zero attached hydrogens (tertiary/aromatic N) is 1. The Hall–Kier alpha value is -1.41. The molecular formula is C15H18N2. The molecule has 1 unspecified atom stereocenters. The van der Waals surface area contributed by atoms with Gasteiger partial charge in [-0.1, -0.05) is 24.6 Å². The van der Waals surface area contributed by atoms with E-state index in [0.29, 0.717) is 6.04 Å². The summed E-state index contributed by atoms with van der Waals surface area (Å²) >= 11 is 0. The number of rotatable bonds is 3. The monoisotopic (exact) mass is 226 g/mol. The third-order valence-corrected chi connectivity index (χ3v) is 3.98. The highest BCUT2D eigenvalue weighted by atomic mass is 14.9. The van der Waals surface area contributed by atoms with Crippen LogP contribution < -0.4 is 5.32 Å². The molecule has 1 aromatic carbocycles. The number of hydrogen-bond donors (Lipinski definition) is 1. The maximum atomic E-state index is 4.27. The number of fused-ring (bicyclic) bond motifs is 1. The SMILES string of the molecule is CNC(c1cccc2ccncc12)C1CCC1. The molecule has 1 heterocycles. The number of hydrogen-bond acceptors (Lipinski definition) is 2. The fraction of sp³-hybridized carbons (Fsp3) is 0.400. The predicted octanol–water partition coefficient (Wildman–Crippen LogP) is 3.30. The molecule has 2 aromatic rings. The number of aromatic nitrogens is 1. The summed E-state index contributed by atoms with van der Waals surface area (Å²) in [4.78, 5) is 4.27. The van der Waals surface area contributed by atoms with E-state index in [0.717, 1.165) is 5.92 Å². The molecule has 88 valence electrons. The van der Waals surface area contributed by atoms with Gasteiger partial charge in [0.05, 0.1) is 0 Å². The van der Waals surface area contributed by atoms with Crippen LogP contribution in [0, 0.1) is 5.92 Å². The zero-order chi connectivity index (χ0) is 11.7. The standard InChI is InChI=1S/C15H18N2/c1-16-15(12-5-2-6-12)13-7-3-4-11-8-9-17-10-14(11)13/h3-4,7-10,12,15-16H,2,5-6H2,1H3. The Balaban J connectivity index is 2.08. The van der Waals surface area contributed by atoms with Gasteiger partial charge < -0.3 is 5.32 Å². The summed E-state index contributed by atoms with van der Waals surface area (Å²) in [6, 6.07) is 9.13. The second-order valence-corrected chi connectivity index (χ2v) is 4.90. The third-order valence-electron chi connectivity index (χ3n) is 3.98. The fourth-order valence-electron chi connectivity index (χ4n) is 2.83. The summed E-state index contributed by atoms with van der Waals surface area (Å²) in [6.45, 7) is 0. The van der Waals surface area contributed by atoms with E-state index in [9.17, 15) is 0 Å². The highest BCUT2D eigenvalue weighted by Crippen LogP contribution is 2.39. The highest BCUT2D eigenvalue weighted by molar-refractivity contribution is 5.85. The molecule has 1 atom stereocenters. The van der Waals surface area contributed by atoms with Crippen LogP contribution in [0.25, 0.3) is 10.8 Å². The molecule has 0 aliphatic heterocycles. The largest absolute Gasteiger partial charge is 0.313 e. The van der Waals surface area contributed by atoms with Crippen LogP contribution in [0.15, 0.2) is 36.7 Å². The Kier molecular flexibility index (Phi) is 2.81. The van der Waals surface area contributed by atoms with Crippen molar-refractivity contribution in [1.82, 2.24) is 10.3 Å². The molecule has 1 saturated carbocycles. The van der Waals surface area contributed by atoms with Gasteiger partial charge in [0, 0.05) is 23.8 Å². The molecule has 2 nitrogen and oxygen atoms in total. The van der Waals surface area contributed by atoms with E-state index >= 15 is 0 Å². The normalized spacial score (nSPS) is 17.9. The number of benzene rings is 1. The lowest BCUT2D eigenvalue weighted by atomic mass is 9.76. The first kappa shape index (κ1) is 10.7. The minimum absolute atomic E-state index is 0.483. The molecule has 17 heavy (non-hydrogen) atoms. The van der Waals surface area contributed by atoms with Crippen LogP contribution in [0.5, 0.6) is 0 Å². The molecule has 1 aromatic heterocycles. The van der Waals surface area contributed by atoms with Crippen molar-refractivity contribution in [3.63, 3.8) is 0 Å². The van der Waals surface area contributed by atoms with Crippen molar-refractivity contribution in [2.75, 3.05) is 7.05 Å². The summed E-state index contributed by atoms with van der Waals surface area (Å²) < 4.78 is 0. The van der Waals surface area contributed by atoms with Crippen LogP contribution in [0.2, 0.25) is 0 Å². The van der Waals surface area contributed by atoms with Gasteiger partial charge in [-0.2, -0.15) is 0 Å². The van der Waals surface area contributed by atoms with Crippen LogP contribution in [-0.2, 0) is 0 Å². The average molecular weight is 226 g/mol. The number of pyridine rings is 1. The van der Waals surface area contributed by atoms with E-state index in [1.807, 2.05) is 12.4 Å². The molecule has 3 rings (SSSR count). The van der Waals surface area contributed by atoms with Crippen molar-refractivity contribution >= 4 is 10.8 Å². The summed E-state index contributed by atoms with van der Waals surface area (Å²) in [6.07, 6.45) is 7.94. The average Bonchev–Trinajstić information content (AvgIpc) is 2.33. The molecule has 0 radical (unpaired) electrons. The zero-order valence-corrected chi connectivity index (χ0v) is 10.2. The van der Waals surface area contributed by atoms with Crippen molar-refractivity contribution in [3.05, 3.63) is 42.2 Å². The minimum Gasteiger partial charge on any atom is -0.313 e. The highest BCUT2D eigenvalue weighted by Gasteiger charge is 2.28. The Morgan fingerprint density at radius 3 is 2.88 bits per heavy atom. The Labute approximate surface area is 102 Å². The number of nitrogens with one attached hydrogen (secondary N) is 1. The first-order valence-corrected chi connectivity index (χ1v) is 6.40. The van der Waals surface area contributed by atoms with Gasteiger partial charge in [-0.05, 0) is 42.8 Å². The van der Waals surface area contributed by atoms with Gasteiger partial charge >= 0.3 is 0 Å². The fourth-order valence-corrected chi connectivity index (χ4v) is 2.83. The predicted molar refractivity (Wildman–Crippen MR) is 70.9 cm³/mol. The molecule has 0 spiro atoms. The Morgan fingerprint density at radius 1 is 1.29 bits per heavy atom. The van der Waals surface area contributed by atoms with Crippen molar-refractivity contribution in [2.45, 2.75) is 25.3 Å². The van der Waals surface area contributed by atoms with Crippen molar-refractivity contribution < 1.29 is 0 Å². The van der Waals surface area contributed by atoms with Crippen molar-refractivity contribution in [2.24, 2.45) is 5.92 Å². The summed E-state index contributed by atoms with van der Waals surface area (Å²) in [5.41, 5.74) is 1.41. The van der Waals surface area contributed by atoms with Crippen LogP contribution in [0.1, 0.15) is 30.9 Å². The molecule has 0 bridgehead atoms. The summed E-state index contributed by atoms with van der Waals surface area (Å²) in [5, 5.41) is 6.07. The molecule has 1 aliphatic carbocycles. The molecule has 0 saturated heterocycles. The van der Waals surface area contributed by atoms with Gasteiger partial charge in [0.2, 0.25) is 0 Å². The lowest BCUT2D eigenvalue weighted by Crippen LogP contribution is -2.29. The third kappa shape index (κ3) is 1.83. The maximum absolute atomic E-state index is 4.27. The second kappa shape index (κ2) is 4.46. The summed E-state index contributed by atoms with van der Waals surface area (Å²) in [5.74, 6) is 0.797. The van der Waals surface area contributed by atoms with Crippen LogP contribution >= 0.6 is 0 Å². The first-order chi connectivity index (χ1) is 8.40. The van der Waals surface area contributed by atoms with Crippen molar-refractivity contribution in [3.8, 4) is 0 Å². The Morgan fingerprint density at radius 2 is 2.18 bits per heavy atom. The van der Waals surface area contributed by atoms with Gasteiger partial charge in [-0.3, -0.25) is 4.98 Å². The van der Waals surface area contributed by atoms with Crippen LogP contribution in [-0.4, -0.2) is 12.0 Å². The van der Waals surface area contributed by atoms with E-state index in [1.165, 1.54) is 35.6 Å². The topological polar surface area (TPSA) is 24.9 Å². The van der Waals surface area contributed by atoms with E-state index in [-0.39, 0.29) is 0 Å². The lowest BCUT2D eigenvalue weighted by Gasteiger charge is -2.34. The van der Waals surface area contributed by atoms with E-state index < -0.39 is 0 Å². The molecule has 1 N–H and O–H groups in total. The molecular weight excluding hydrogens is 208 g/mol. The maximum Gasteiger partial charge on any atom is 0.0352 e. The van der Waals surface area contributed by atoms with Gasteiger partial charge in [0.15, 0.2) is 0 Å². The van der Waals surface area contributed by atoms with E-state index in [1.54, 1.807) is 0 Å². The molecule has 2 heteroatoms. The first-order valence-electron chi connectivity index (χ1n) is 6.40. The summed E-state index contributed by atoms with van der Waals surface area (Å²) in [7, 11) is 2.07. The van der Waals surface area contributed by atoms with Crippen molar-refractivity contribution in [1.29, 1.82) is 0 Å². The van der Waals surface area contributed by atoms with Gasteiger partial charge in [0.1, 0.15) is 0 Å². The second-order valence-electron chi connectivity index (χ2n) is 4.90. The molecule has 1 fully saturated rings.